The molecule has 0 spiro atoms. The Morgan fingerprint density at radius 1 is 0.967 bits per heavy atom. The van der Waals surface area contributed by atoms with Gasteiger partial charge < -0.3 is 20.7 Å². The van der Waals surface area contributed by atoms with E-state index in [-0.39, 0.29) is 29.5 Å². The monoisotopic (exact) mass is 451 g/mol. The van der Waals surface area contributed by atoms with Crippen LogP contribution >= 0.6 is 23.2 Å². The van der Waals surface area contributed by atoms with Crippen molar-refractivity contribution in [2.75, 3.05) is 17.2 Å². The molecule has 0 bridgehead atoms. The number of alkyl carbamates (subject to hydrolysis) is 1. The molecule has 2 rings (SSSR count). The summed E-state index contributed by atoms with van der Waals surface area (Å²) in [5.41, 5.74) is 0.403. The first-order valence-corrected chi connectivity index (χ1v) is 9.93. The zero-order valence-electron chi connectivity index (χ0n) is 16.8. The summed E-state index contributed by atoms with van der Waals surface area (Å²) in [5.74, 6) is -0.802. The van der Waals surface area contributed by atoms with Crippen LogP contribution in [0.15, 0.2) is 42.5 Å². The van der Waals surface area contributed by atoms with Crippen molar-refractivity contribution in [1.29, 1.82) is 0 Å². The summed E-state index contributed by atoms with van der Waals surface area (Å²) in [6.07, 6.45) is -0.567. The van der Waals surface area contributed by atoms with Gasteiger partial charge in [-0.25, -0.2) is 4.79 Å². The van der Waals surface area contributed by atoms with Crippen molar-refractivity contribution in [1.82, 2.24) is 5.32 Å². The Kier molecular flexibility index (Phi) is 8.08. The van der Waals surface area contributed by atoms with Crippen molar-refractivity contribution in [3.05, 3.63) is 58.1 Å². The molecule has 0 saturated heterocycles. The maximum Gasteiger partial charge on any atom is 0.407 e. The number of carbonyl (C=O) groups is 3. The highest BCUT2D eigenvalue weighted by Crippen LogP contribution is 2.25. The van der Waals surface area contributed by atoms with Crippen LogP contribution in [0.3, 0.4) is 0 Å². The zero-order chi connectivity index (χ0) is 22.3. The van der Waals surface area contributed by atoms with Crippen molar-refractivity contribution in [2.24, 2.45) is 0 Å². The number of anilines is 2. The summed E-state index contributed by atoms with van der Waals surface area (Å²) in [4.78, 5) is 36.4. The number of halogens is 2. The van der Waals surface area contributed by atoms with Crippen LogP contribution in [-0.4, -0.2) is 30.1 Å². The summed E-state index contributed by atoms with van der Waals surface area (Å²) in [6, 6.07) is 11.3. The lowest BCUT2D eigenvalue weighted by Crippen LogP contribution is -2.34. The van der Waals surface area contributed by atoms with Gasteiger partial charge >= 0.3 is 6.09 Å². The Morgan fingerprint density at radius 3 is 2.23 bits per heavy atom. The van der Waals surface area contributed by atoms with Gasteiger partial charge in [-0.2, -0.15) is 0 Å². The van der Waals surface area contributed by atoms with Crippen molar-refractivity contribution in [3.63, 3.8) is 0 Å². The highest BCUT2D eigenvalue weighted by Gasteiger charge is 2.17. The SMILES string of the molecule is CC(C)(C)OC(=O)NCCC(=O)Nc1ccccc1NC(=O)c1cc(Cl)ccc1Cl. The molecule has 0 aliphatic heterocycles. The van der Waals surface area contributed by atoms with E-state index in [0.717, 1.165) is 0 Å². The van der Waals surface area contributed by atoms with Crippen LogP contribution in [0.1, 0.15) is 37.6 Å². The maximum absolute atomic E-state index is 12.6. The van der Waals surface area contributed by atoms with Gasteiger partial charge in [0.2, 0.25) is 5.91 Å². The van der Waals surface area contributed by atoms with E-state index in [1.165, 1.54) is 12.1 Å². The number of carbonyl (C=O) groups excluding carboxylic acids is 3. The Hall–Kier alpha value is -2.77. The minimum Gasteiger partial charge on any atom is -0.444 e. The van der Waals surface area contributed by atoms with Crippen LogP contribution in [0.5, 0.6) is 0 Å². The van der Waals surface area contributed by atoms with Gasteiger partial charge in [-0.05, 0) is 51.1 Å². The van der Waals surface area contributed by atoms with E-state index in [4.69, 9.17) is 27.9 Å². The molecule has 160 valence electrons. The van der Waals surface area contributed by atoms with Gasteiger partial charge in [-0.3, -0.25) is 9.59 Å². The predicted octanol–water partition coefficient (Wildman–Crippen LogP) is 5.10. The van der Waals surface area contributed by atoms with E-state index in [1.807, 2.05) is 0 Å². The number of hydrogen-bond donors (Lipinski definition) is 3. The van der Waals surface area contributed by atoms with Crippen LogP contribution in [0.4, 0.5) is 16.2 Å². The van der Waals surface area contributed by atoms with Gasteiger partial charge in [-0.1, -0.05) is 35.3 Å². The molecule has 0 atom stereocenters. The number of rotatable bonds is 6. The lowest BCUT2D eigenvalue weighted by molar-refractivity contribution is -0.116. The summed E-state index contributed by atoms with van der Waals surface area (Å²) in [7, 11) is 0. The van der Waals surface area contributed by atoms with Gasteiger partial charge in [0.05, 0.1) is 22.0 Å². The highest BCUT2D eigenvalue weighted by molar-refractivity contribution is 6.36. The first kappa shape index (κ1) is 23.5. The zero-order valence-corrected chi connectivity index (χ0v) is 18.4. The largest absolute Gasteiger partial charge is 0.444 e. The summed E-state index contributed by atoms with van der Waals surface area (Å²) < 4.78 is 5.11. The first-order valence-electron chi connectivity index (χ1n) is 9.17. The first-order chi connectivity index (χ1) is 14.0. The van der Waals surface area contributed by atoms with Crippen molar-refractivity contribution in [2.45, 2.75) is 32.8 Å². The Morgan fingerprint density at radius 2 is 1.60 bits per heavy atom. The second-order valence-corrected chi connectivity index (χ2v) is 8.19. The fourth-order valence-electron chi connectivity index (χ4n) is 2.37. The molecule has 0 aromatic heterocycles. The molecule has 0 radical (unpaired) electrons. The number of amides is 3. The molecule has 3 amide bonds. The van der Waals surface area contributed by atoms with Gasteiger partial charge in [0.15, 0.2) is 0 Å². The van der Waals surface area contributed by atoms with Crippen LogP contribution in [0.25, 0.3) is 0 Å². The molecule has 2 aromatic rings. The third-order valence-corrected chi connectivity index (χ3v) is 4.21. The molecule has 3 N–H and O–H groups in total. The predicted molar refractivity (Wildman–Crippen MR) is 118 cm³/mol. The average Bonchev–Trinajstić information content (AvgIpc) is 2.63. The third kappa shape index (κ3) is 7.57. The minimum absolute atomic E-state index is 0.0294. The van der Waals surface area contributed by atoms with Crippen LogP contribution in [-0.2, 0) is 9.53 Å². The summed E-state index contributed by atoms with van der Waals surface area (Å²) in [6.45, 7) is 5.36. The lowest BCUT2D eigenvalue weighted by Gasteiger charge is -2.19. The molecule has 30 heavy (non-hydrogen) atoms. The van der Waals surface area contributed by atoms with E-state index < -0.39 is 17.6 Å². The summed E-state index contributed by atoms with van der Waals surface area (Å²) >= 11 is 12.0. The fourth-order valence-corrected chi connectivity index (χ4v) is 2.74. The molecule has 9 heteroatoms. The standard InChI is InChI=1S/C21H23Cl2N3O4/c1-21(2,3)30-20(29)24-11-10-18(27)25-16-6-4-5-7-17(16)26-19(28)14-12-13(22)8-9-15(14)23/h4-9,12H,10-11H2,1-3H3,(H,24,29)(H,25,27)(H,26,28). The molecule has 0 unspecified atom stereocenters. The van der Waals surface area contributed by atoms with Crippen molar-refractivity contribution < 1.29 is 19.1 Å². The van der Waals surface area contributed by atoms with Gasteiger partial charge in [-0.15, -0.1) is 0 Å². The Balaban J connectivity index is 1.96. The normalized spacial score (nSPS) is 10.8. The van der Waals surface area contributed by atoms with Gasteiger partial charge in [0.25, 0.3) is 5.91 Å². The Bertz CT molecular complexity index is 942. The van der Waals surface area contributed by atoms with Crippen LogP contribution in [0, 0.1) is 0 Å². The van der Waals surface area contributed by atoms with E-state index in [0.29, 0.717) is 16.4 Å². The number of benzene rings is 2. The molecule has 0 aliphatic rings. The molecule has 7 nitrogen and oxygen atoms in total. The topological polar surface area (TPSA) is 96.5 Å². The lowest BCUT2D eigenvalue weighted by atomic mass is 10.2. The number of nitrogens with one attached hydrogen (secondary N) is 3. The van der Waals surface area contributed by atoms with E-state index in [1.54, 1.807) is 51.1 Å². The molecule has 0 heterocycles. The second kappa shape index (κ2) is 10.3. The van der Waals surface area contributed by atoms with E-state index in [2.05, 4.69) is 16.0 Å². The quantitative estimate of drug-likeness (QED) is 0.568. The highest BCUT2D eigenvalue weighted by atomic mass is 35.5. The molecule has 2 aromatic carbocycles. The second-order valence-electron chi connectivity index (χ2n) is 7.35. The average molecular weight is 452 g/mol. The number of para-hydroxylation sites is 2. The molecule has 0 aliphatic carbocycles. The molecular formula is C21H23Cl2N3O4. The molecule has 0 fully saturated rings. The summed E-state index contributed by atoms with van der Waals surface area (Å²) in [5, 5.41) is 8.58. The number of ether oxygens (including phenoxy) is 1. The minimum atomic E-state index is -0.616. The van der Waals surface area contributed by atoms with E-state index in [9.17, 15) is 14.4 Å². The van der Waals surface area contributed by atoms with Crippen molar-refractivity contribution >= 4 is 52.5 Å². The van der Waals surface area contributed by atoms with Gasteiger partial charge in [0.1, 0.15) is 5.60 Å². The number of hydrogen-bond acceptors (Lipinski definition) is 4. The molecule has 0 saturated carbocycles. The third-order valence-electron chi connectivity index (χ3n) is 3.64. The molecular weight excluding hydrogens is 429 g/mol. The fraction of sp³-hybridized carbons (Fsp3) is 0.286. The maximum atomic E-state index is 12.6. The van der Waals surface area contributed by atoms with Gasteiger partial charge in [0, 0.05) is 18.0 Å². The van der Waals surface area contributed by atoms with Crippen LogP contribution < -0.4 is 16.0 Å². The Labute approximate surface area is 185 Å². The van der Waals surface area contributed by atoms with E-state index >= 15 is 0 Å². The smallest absolute Gasteiger partial charge is 0.407 e. The van der Waals surface area contributed by atoms with Crippen molar-refractivity contribution in [3.8, 4) is 0 Å². The van der Waals surface area contributed by atoms with Crippen LogP contribution in [0.2, 0.25) is 10.0 Å².